The maximum Gasteiger partial charge on any atom is 0.290 e. The molecule has 4 rings (SSSR count). The fourth-order valence-corrected chi connectivity index (χ4v) is 3.57. The number of rotatable bonds is 5. The molecule has 170 valence electrons. The lowest BCUT2D eigenvalue weighted by Gasteiger charge is -2.13. The van der Waals surface area contributed by atoms with Gasteiger partial charge >= 0.3 is 0 Å². The molecule has 0 unspecified atom stereocenters. The molecule has 0 atom stereocenters. The van der Waals surface area contributed by atoms with Crippen LogP contribution in [0.1, 0.15) is 35.9 Å². The van der Waals surface area contributed by atoms with Crippen LogP contribution in [-0.2, 0) is 4.79 Å². The molecule has 1 heterocycles. The van der Waals surface area contributed by atoms with Crippen LogP contribution in [0.15, 0.2) is 89.7 Å². The van der Waals surface area contributed by atoms with Crippen molar-refractivity contribution in [3.8, 4) is 11.1 Å². The predicted octanol–water partition coefficient (Wildman–Crippen LogP) is 4.12. The van der Waals surface area contributed by atoms with Gasteiger partial charge in [0.25, 0.3) is 17.4 Å². The number of benzene rings is 3. The van der Waals surface area contributed by atoms with Crippen molar-refractivity contribution in [1.29, 1.82) is 0 Å². The van der Waals surface area contributed by atoms with Gasteiger partial charge in [-0.2, -0.15) is 5.10 Å². The third-order valence-corrected chi connectivity index (χ3v) is 5.25. The standard InChI is InChI=1S/C27H24N4O3/c1-18(2)31-27(34)23-14-7-6-13-22(23)25(30-31)26(33)29-28-24(32)16-15-19-9-8-12-21(17-19)20-10-4-3-5-11-20/h3-18H,1-2H3,(H,28,32)(H,29,33)/b16-15+. The Morgan fingerprint density at radius 1 is 0.853 bits per heavy atom. The largest absolute Gasteiger partial charge is 0.290 e. The summed E-state index contributed by atoms with van der Waals surface area (Å²) in [6.07, 6.45) is 3.01. The van der Waals surface area contributed by atoms with Crippen LogP contribution in [0.2, 0.25) is 0 Å². The zero-order chi connectivity index (χ0) is 24.1. The number of nitrogens with zero attached hydrogens (tertiary/aromatic N) is 2. The molecule has 34 heavy (non-hydrogen) atoms. The summed E-state index contributed by atoms with van der Waals surface area (Å²) in [5.74, 6) is -1.11. The normalized spacial score (nSPS) is 11.1. The lowest BCUT2D eigenvalue weighted by Crippen LogP contribution is -2.42. The average Bonchev–Trinajstić information content (AvgIpc) is 2.87. The van der Waals surface area contributed by atoms with E-state index in [9.17, 15) is 14.4 Å². The summed E-state index contributed by atoms with van der Waals surface area (Å²) in [4.78, 5) is 37.7. The number of carbonyl (C=O) groups is 2. The number of hydrogen-bond acceptors (Lipinski definition) is 4. The van der Waals surface area contributed by atoms with E-state index in [1.54, 1.807) is 30.3 Å². The van der Waals surface area contributed by atoms with Crippen molar-refractivity contribution in [2.45, 2.75) is 19.9 Å². The molecule has 0 radical (unpaired) electrons. The highest BCUT2D eigenvalue weighted by Crippen LogP contribution is 2.20. The van der Waals surface area contributed by atoms with Gasteiger partial charge in [-0.1, -0.05) is 66.7 Å². The smallest absolute Gasteiger partial charge is 0.268 e. The first-order chi connectivity index (χ1) is 16.4. The highest BCUT2D eigenvalue weighted by molar-refractivity contribution is 6.05. The van der Waals surface area contributed by atoms with E-state index in [1.165, 1.54) is 10.8 Å². The molecule has 7 nitrogen and oxygen atoms in total. The molecule has 0 aliphatic rings. The Kier molecular flexibility index (Phi) is 6.64. The fraction of sp³-hybridized carbons (Fsp3) is 0.111. The molecule has 4 aromatic rings. The van der Waals surface area contributed by atoms with Crippen LogP contribution in [0.25, 0.3) is 28.0 Å². The van der Waals surface area contributed by atoms with E-state index in [2.05, 4.69) is 16.0 Å². The lowest BCUT2D eigenvalue weighted by atomic mass is 10.0. The van der Waals surface area contributed by atoms with Gasteiger partial charge in [-0.3, -0.25) is 25.2 Å². The molecule has 0 saturated carbocycles. The van der Waals surface area contributed by atoms with Crippen LogP contribution >= 0.6 is 0 Å². The summed E-state index contributed by atoms with van der Waals surface area (Å²) in [5.41, 5.74) is 7.51. The maximum atomic E-state index is 12.8. The van der Waals surface area contributed by atoms with Gasteiger partial charge in [0.2, 0.25) is 0 Å². The molecule has 0 aliphatic carbocycles. The lowest BCUT2D eigenvalue weighted by molar-refractivity contribution is -0.117. The van der Waals surface area contributed by atoms with Gasteiger partial charge in [0, 0.05) is 11.5 Å². The minimum atomic E-state index is -0.613. The van der Waals surface area contributed by atoms with Crippen LogP contribution in [-0.4, -0.2) is 21.6 Å². The number of amides is 2. The number of nitrogens with one attached hydrogen (secondary N) is 2. The zero-order valence-corrected chi connectivity index (χ0v) is 18.9. The van der Waals surface area contributed by atoms with Crippen molar-refractivity contribution >= 4 is 28.7 Å². The average molecular weight is 453 g/mol. The molecule has 0 fully saturated rings. The van der Waals surface area contributed by atoms with Crippen molar-refractivity contribution in [2.75, 3.05) is 0 Å². The summed E-state index contributed by atoms with van der Waals surface area (Å²) < 4.78 is 1.26. The van der Waals surface area contributed by atoms with E-state index in [1.807, 2.05) is 68.4 Å². The van der Waals surface area contributed by atoms with Crippen molar-refractivity contribution in [3.05, 3.63) is 107 Å². The van der Waals surface area contributed by atoms with E-state index < -0.39 is 11.8 Å². The maximum absolute atomic E-state index is 12.8. The first-order valence-corrected chi connectivity index (χ1v) is 10.9. The van der Waals surface area contributed by atoms with E-state index in [0.717, 1.165) is 16.7 Å². The number of fused-ring (bicyclic) bond motifs is 1. The van der Waals surface area contributed by atoms with Crippen LogP contribution < -0.4 is 16.4 Å². The predicted molar refractivity (Wildman–Crippen MR) is 133 cm³/mol. The van der Waals surface area contributed by atoms with Gasteiger partial charge in [-0.05, 0) is 48.7 Å². The highest BCUT2D eigenvalue weighted by Gasteiger charge is 2.18. The number of hydrazine groups is 1. The Labute approximate surface area is 196 Å². The quantitative estimate of drug-likeness (QED) is 0.352. The van der Waals surface area contributed by atoms with Gasteiger partial charge < -0.3 is 0 Å². The van der Waals surface area contributed by atoms with Crippen LogP contribution in [0, 0.1) is 0 Å². The van der Waals surface area contributed by atoms with Crippen molar-refractivity contribution in [3.63, 3.8) is 0 Å². The third-order valence-electron chi connectivity index (χ3n) is 5.25. The summed E-state index contributed by atoms with van der Waals surface area (Å²) in [6, 6.07) is 24.3. The van der Waals surface area contributed by atoms with E-state index >= 15 is 0 Å². The molecule has 7 heteroatoms. The van der Waals surface area contributed by atoms with Crippen molar-refractivity contribution in [1.82, 2.24) is 20.6 Å². The van der Waals surface area contributed by atoms with Gasteiger partial charge in [0.1, 0.15) is 0 Å². The Bertz CT molecular complexity index is 1440. The first kappa shape index (κ1) is 22.7. The monoisotopic (exact) mass is 452 g/mol. The van der Waals surface area contributed by atoms with Crippen molar-refractivity contribution in [2.24, 2.45) is 0 Å². The topological polar surface area (TPSA) is 93.1 Å². The molecule has 0 saturated heterocycles. The molecule has 2 amide bonds. The second-order valence-corrected chi connectivity index (χ2v) is 8.01. The van der Waals surface area contributed by atoms with Crippen molar-refractivity contribution < 1.29 is 9.59 Å². The Hall–Kier alpha value is -4.52. The minimum Gasteiger partial charge on any atom is -0.268 e. The Morgan fingerprint density at radius 3 is 2.26 bits per heavy atom. The number of aromatic nitrogens is 2. The Morgan fingerprint density at radius 2 is 1.53 bits per heavy atom. The van der Waals surface area contributed by atoms with Gasteiger partial charge in [-0.25, -0.2) is 4.68 Å². The summed E-state index contributed by atoms with van der Waals surface area (Å²) >= 11 is 0. The van der Waals surface area contributed by atoms with Gasteiger partial charge in [-0.15, -0.1) is 0 Å². The third kappa shape index (κ3) is 4.94. The summed E-state index contributed by atoms with van der Waals surface area (Å²) in [5, 5.41) is 5.04. The van der Waals surface area contributed by atoms with E-state index in [0.29, 0.717) is 10.8 Å². The molecular formula is C27H24N4O3. The summed E-state index contributed by atoms with van der Waals surface area (Å²) in [7, 11) is 0. The van der Waals surface area contributed by atoms with Gasteiger partial charge in [0.05, 0.1) is 11.4 Å². The highest BCUT2D eigenvalue weighted by atomic mass is 16.2. The van der Waals surface area contributed by atoms with E-state index in [-0.39, 0.29) is 17.3 Å². The molecule has 0 spiro atoms. The second-order valence-electron chi connectivity index (χ2n) is 8.01. The number of carbonyl (C=O) groups excluding carboxylic acids is 2. The number of hydrogen-bond donors (Lipinski definition) is 2. The molecule has 1 aromatic heterocycles. The van der Waals surface area contributed by atoms with Crippen LogP contribution in [0.4, 0.5) is 0 Å². The minimum absolute atomic E-state index is 0.0590. The molecule has 3 aromatic carbocycles. The Balaban J connectivity index is 1.48. The molecular weight excluding hydrogens is 428 g/mol. The molecule has 0 bridgehead atoms. The zero-order valence-electron chi connectivity index (χ0n) is 18.9. The van der Waals surface area contributed by atoms with Gasteiger partial charge in [0.15, 0.2) is 5.69 Å². The summed E-state index contributed by atoms with van der Waals surface area (Å²) in [6.45, 7) is 3.62. The van der Waals surface area contributed by atoms with Crippen LogP contribution in [0.5, 0.6) is 0 Å². The van der Waals surface area contributed by atoms with Crippen LogP contribution in [0.3, 0.4) is 0 Å². The second kappa shape index (κ2) is 9.95. The first-order valence-electron chi connectivity index (χ1n) is 10.9. The molecule has 0 aliphatic heterocycles. The fourth-order valence-electron chi connectivity index (χ4n) is 3.57. The van der Waals surface area contributed by atoms with E-state index in [4.69, 9.17) is 0 Å². The SMILES string of the molecule is CC(C)n1nc(C(=O)NNC(=O)/C=C/c2cccc(-c3ccccc3)c2)c2ccccc2c1=O. The molecule has 2 N–H and O–H groups in total.